The first-order chi connectivity index (χ1) is 11.8. The van der Waals surface area contributed by atoms with Crippen molar-refractivity contribution in [3.05, 3.63) is 48.3 Å². The van der Waals surface area contributed by atoms with E-state index < -0.39 is 0 Å². The van der Waals surface area contributed by atoms with Crippen LogP contribution in [-0.4, -0.2) is 50.7 Å². The lowest BCUT2D eigenvalue weighted by atomic mass is 10.2. The zero-order valence-corrected chi connectivity index (χ0v) is 14.1. The minimum Gasteiger partial charge on any atom is -0.380 e. The molecule has 1 aromatic carbocycles. The lowest BCUT2D eigenvalue weighted by molar-refractivity contribution is 0.108. The third-order valence-corrected chi connectivity index (χ3v) is 5.04. The van der Waals surface area contributed by atoms with Crippen molar-refractivity contribution in [2.75, 3.05) is 20.2 Å². The molecule has 1 N–H and O–H groups in total. The molecule has 0 bridgehead atoms. The Morgan fingerprint density at radius 1 is 1.33 bits per heavy atom. The van der Waals surface area contributed by atoms with Crippen molar-refractivity contribution in [2.45, 2.75) is 25.0 Å². The van der Waals surface area contributed by atoms with Gasteiger partial charge in [0.2, 0.25) is 0 Å². The number of rotatable bonds is 5. The minimum atomic E-state index is 0.264. The maximum atomic E-state index is 5.59. The van der Waals surface area contributed by atoms with Crippen LogP contribution in [0.4, 0.5) is 0 Å². The number of aromatic amines is 1. The highest BCUT2D eigenvalue weighted by Crippen LogP contribution is 2.31. The molecule has 6 heteroatoms. The average molecular weight is 325 g/mol. The number of aryl methyl sites for hydroxylation is 1. The van der Waals surface area contributed by atoms with E-state index in [1.54, 1.807) is 7.11 Å². The number of hydrogen-bond acceptors (Lipinski definition) is 4. The number of nitrogens with zero attached hydrogens (tertiary/aromatic N) is 4. The summed E-state index contributed by atoms with van der Waals surface area (Å²) in [5.41, 5.74) is 2.25. The van der Waals surface area contributed by atoms with E-state index in [0.29, 0.717) is 6.04 Å². The minimum absolute atomic E-state index is 0.264. The Kier molecular flexibility index (Phi) is 4.08. The fourth-order valence-corrected chi connectivity index (χ4v) is 3.69. The Labute approximate surface area is 141 Å². The van der Waals surface area contributed by atoms with Gasteiger partial charge in [0.05, 0.1) is 23.2 Å². The van der Waals surface area contributed by atoms with Gasteiger partial charge in [0.25, 0.3) is 0 Å². The molecule has 24 heavy (non-hydrogen) atoms. The molecule has 2 atom stereocenters. The molecule has 1 aliphatic rings. The van der Waals surface area contributed by atoms with Crippen molar-refractivity contribution >= 4 is 11.0 Å². The largest absolute Gasteiger partial charge is 0.380 e. The van der Waals surface area contributed by atoms with Crippen LogP contribution in [0.2, 0.25) is 0 Å². The Bertz CT molecular complexity index is 810. The third kappa shape index (κ3) is 2.72. The first kappa shape index (κ1) is 15.4. The highest BCUT2D eigenvalue weighted by molar-refractivity contribution is 5.75. The number of fused-ring (bicyclic) bond motifs is 1. The van der Waals surface area contributed by atoms with E-state index in [-0.39, 0.29) is 6.10 Å². The number of hydrogen-bond donors (Lipinski definition) is 1. The van der Waals surface area contributed by atoms with E-state index in [9.17, 15) is 0 Å². The van der Waals surface area contributed by atoms with Gasteiger partial charge in [-0.25, -0.2) is 9.97 Å². The van der Waals surface area contributed by atoms with Crippen LogP contribution in [0.15, 0.2) is 36.7 Å². The number of ether oxygens (including phenoxy) is 1. The summed E-state index contributed by atoms with van der Waals surface area (Å²) in [6, 6.07) is 8.58. The first-order valence-corrected chi connectivity index (χ1v) is 8.42. The van der Waals surface area contributed by atoms with Crippen LogP contribution in [0.3, 0.4) is 0 Å². The van der Waals surface area contributed by atoms with Gasteiger partial charge in [0.15, 0.2) is 0 Å². The smallest absolute Gasteiger partial charge is 0.123 e. The van der Waals surface area contributed by atoms with Crippen molar-refractivity contribution in [2.24, 2.45) is 7.05 Å². The van der Waals surface area contributed by atoms with Crippen LogP contribution in [0.5, 0.6) is 0 Å². The number of imidazole rings is 2. The van der Waals surface area contributed by atoms with E-state index >= 15 is 0 Å². The summed E-state index contributed by atoms with van der Waals surface area (Å²) in [6.07, 6.45) is 5.87. The second-order valence-corrected chi connectivity index (χ2v) is 6.40. The Morgan fingerprint density at radius 3 is 2.96 bits per heavy atom. The molecule has 3 heterocycles. The Morgan fingerprint density at radius 2 is 2.21 bits per heavy atom. The number of likely N-dealkylation sites (tertiary alicyclic amines) is 1. The lowest BCUT2D eigenvalue weighted by Gasteiger charge is -2.22. The normalized spacial score (nSPS) is 21.8. The molecular formula is C18H23N5O. The molecule has 0 radical (unpaired) electrons. The second-order valence-electron chi connectivity index (χ2n) is 6.40. The van der Waals surface area contributed by atoms with E-state index in [4.69, 9.17) is 9.72 Å². The van der Waals surface area contributed by atoms with Crippen molar-refractivity contribution in [1.82, 2.24) is 24.4 Å². The molecule has 0 amide bonds. The number of H-pyrrole nitrogens is 1. The molecule has 0 saturated carbocycles. The predicted molar refractivity (Wildman–Crippen MR) is 92.7 cm³/mol. The topological polar surface area (TPSA) is 59.0 Å². The standard InChI is InChI=1S/C18H23N5O/c1-22-15-6-4-3-5-14(15)21-17(22)7-10-23-12-13(24-2)11-16(23)18-19-8-9-20-18/h3-6,8-9,13,16H,7,10-12H2,1-2H3,(H,19,20)/t13-,16?/m1/s1. The maximum absolute atomic E-state index is 5.59. The quantitative estimate of drug-likeness (QED) is 0.782. The van der Waals surface area contributed by atoms with E-state index in [0.717, 1.165) is 43.1 Å². The molecule has 0 spiro atoms. The molecule has 1 aliphatic heterocycles. The summed E-state index contributed by atoms with van der Waals surface area (Å²) in [7, 11) is 3.88. The zero-order chi connectivity index (χ0) is 16.5. The molecule has 1 unspecified atom stereocenters. The number of methoxy groups -OCH3 is 1. The van der Waals surface area contributed by atoms with Crippen LogP contribution >= 0.6 is 0 Å². The van der Waals surface area contributed by atoms with E-state index in [1.807, 2.05) is 18.5 Å². The summed E-state index contributed by atoms with van der Waals surface area (Å²) in [4.78, 5) is 14.9. The summed E-state index contributed by atoms with van der Waals surface area (Å²) < 4.78 is 7.78. The van der Waals surface area contributed by atoms with Gasteiger partial charge in [-0.3, -0.25) is 4.90 Å². The molecule has 0 aliphatic carbocycles. The lowest BCUT2D eigenvalue weighted by Crippen LogP contribution is -2.28. The Hall–Kier alpha value is -2.18. The van der Waals surface area contributed by atoms with Crippen molar-refractivity contribution in [3.63, 3.8) is 0 Å². The van der Waals surface area contributed by atoms with Crippen molar-refractivity contribution in [3.8, 4) is 0 Å². The summed E-state index contributed by atoms with van der Waals surface area (Å²) in [5, 5.41) is 0. The van der Waals surface area contributed by atoms with Crippen LogP contribution < -0.4 is 0 Å². The van der Waals surface area contributed by atoms with Crippen molar-refractivity contribution < 1.29 is 4.74 Å². The van der Waals surface area contributed by atoms with Crippen molar-refractivity contribution in [1.29, 1.82) is 0 Å². The SMILES string of the molecule is CO[C@@H]1CC(c2ncc[nH]2)N(CCc2nc3ccccc3n2C)C1. The molecule has 2 aromatic heterocycles. The molecule has 4 rings (SSSR count). The van der Waals surface area contributed by atoms with E-state index in [1.165, 1.54) is 5.52 Å². The first-order valence-electron chi connectivity index (χ1n) is 8.42. The van der Waals surface area contributed by atoms with E-state index in [2.05, 4.69) is 44.7 Å². The average Bonchev–Trinajstić information content (AvgIpc) is 3.32. The van der Waals surface area contributed by atoms with Gasteiger partial charge in [-0.1, -0.05) is 12.1 Å². The van der Waals surface area contributed by atoms with Crippen LogP contribution in [0.25, 0.3) is 11.0 Å². The van der Waals surface area contributed by atoms with Gasteiger partial charge in [0.1, 0.15) is 11.6 Å². The van der Waals surface area contributed by atoms with Gasteiger partial charge in [-0.2, -0.15) is 0 Å². The van der Waals surface area contributed by atoms with Crippen LogP contribution in [0.1, 0.15) is 24.1 Å². The summed E-state index contributed by atoms with van der Waals surface area (Å²) in [6.45, 7) is 1.88. The fourth-order valence-electron chi connectivity index (χ4n) is 3.69. The molecule has 3 aromatic rings. The fraction of sp³-hybridized carbons (Fsp3) is 0.444. The van der Waals surface area contributed by atoms with Gasteiger partial charge in [0, 0.05) is 46.1 Å². The molecule has 1 fully saturated rings. The Balaban J connectivity index is 1.52. The molecule has 126 valence electrons. The third-order valence-electron chi connectivity index (χ3n) is 5.04. The maximum Gasteiger partial charge on any atom is 0.123 e. The van der Waals surface area contributed by atoms with Gasteiger partial charge in [-0.15, -0.1) is 0 Å². The number of para-hydroxylation sites is 2. The van der Waals surface area contributed by atoms with Gasteiger partial charge >= 0.3 is 0 Å². The molecular weight excluding hydrogens is 302 g/mol. The predicted octanol–water partition coefficient (Wildman–Crippen LogP) is 2.30. The second kappa shape index (κ2) is 6.37. The number of benzene rings is 1. The van der Waals surface area contributed by atoms with Gasteiger partial charge < -0.3 is 14.3 Å². The van der Waals surface area contributed by atoms with Crippen LogP contribution in [-0.2, 0) is 18.2 Å². The summed E-state index contributed by atoms with van der Waals surface area (Å²) >= 11 is 0. The zero-order valence-electron chi connectivity index (χ0n) is 14.1. The molecule has 1 saturated heterocycles. The molecule has 6 nitrogen and oxygen atoms in total. The highest BCUT2D eigenvalue weighted by atomic mass is 16.5. The van der Waals surface area contributed by atoms with Crippen LogP contribution in [0, 0.1) is 0 Å². The number of aromatic nitrogens is 4. The highest BCUT2D eigenvalue weighted by Gasteiger charge is 2.34. The monoisotopic (exact) mass is 325 g/mol. The number of nitrogens with one attached hydrogen (secondary N) is 1. The summed E-state index contributed by atoms with van der Waals surface area (Å²) in [5.74, 6) is 2.15. The van der Waals surface area contributed by atoms with Gasteiger partial charge in [-0.05, 0) is 18.6 Å².